The minimum absolute atomic E-state index is 0.199. The maximum absolute atomic E-state index is 10.3. The van der Waals surface area contributed by atoms with Crippen molar-refractivity contribution in [2.75, 3.05) is 12.8 Å². The number of anilines is 1. The van der Waals surface area contributed by atoms with E-state index in [0.29, 0.717) is 22.4 Å². The lowest BCUT2D eigenvalue weighted by Crippen LogP contribution is -2.29. The first-order valence-electron chi connectivity index (χ1n) is 6.16. The van der Waals surface area contributed by atoms with Crippen LogP contribution in [0.25, 0.3) is 11.0 Å². The molecule has 3 heterocycles. The summed E-state index contributed by atoms with van der Waals surface area (Å²) >= 11 is 0. The van der Waals surface area contributed by atoms with E-state index >= 15 is 0 Å². The first-order chi connectivity index (χ1) is 10.1. The first-order valence-corrected chi connectivity index (χ1v) is 6.16. The zero-order chi connectivity index (χ0) is 15.1. The smallest absolute Gasteiger partial charge is 0.206 e. The molecule has 0 radical (unpaired) electrons. The SMILES string of the molecule is C=C1OC(n2cc(C#N)c3c(N)ncnc32)C(O)C1OC. The van der Waals surface area contributed by atoms with Crippen LogP contribution in [-0.2, 0) is 9.47 Å². The molecule has 2 aromatic rings. The van der Waals surface area contributed by atoms with Crippen molar-refractivity contribution in [3.05, 3.63) is 30.4 Å². The van der Waals surface area contributed by atoms with Crippen LogP contribution >= 0.6 is 0 Å². The number of fused-ring (bicyclic) bond motifs is 1. The van der Waals surface area contributed by atoms with E-state index in [2.05, 4.69) is 16.5 Å². The zero-order valence-corrected chi connectivity index (χ0v) is 11.2. The Morgan fingerprint density at radius 2 is 2.33 bits per heavy atom. The molecular weight excluding hydrogens is 274 g/mol. The van der Waals surface area contributed by atoms with E-state index in [0.717, 1.165) is 0 Å². The molecular formula is C13H13N5O3. The Balaban J connectivity index is 2.17. The number of nitrogen functional groups attached to an aromatic ring is 1. The molecule has 21 heavy (non-hydrogen) atoms. The maximum Gasteiger partial charge on any atom is 0.206 e. The number of aliphatic hydroxyl groups excluding tert-OH is 1. The second-order valence-electron chi connectivity index (χ2n) is 4.64. The lowest BCUT2D eigenvalue weighted by molar-refractivity contribution is -0.0220. The van der Waals surface area contributed by atoms with Gasteiger partial charge in [-0.05, 0) is 0 Å². The van der Waals surface area contributed by atoms with Crippen molar-refractivity contribution in [1.82, 2.24) is 14.5 Å². The molecule has 0 aromatic carbocycles. The fourth-order valence-electron chi connectivity index (χ4n) is 2.51. The van der Waals surface area contributed by atoms with Gasteiger partial charge in [0.2, 0.25) is 6.23 Å². The summed E-state index contributed by atoms with van der Waals surface area (Å²) < 4.78 is 12.2. The number of nitriles is 1. The Labute approximate surface area is 120 Å². The zero-order valence-electron chi connectivity index (χ0n) is 11.2. The van der Waals surface area contributed by atoms with Gasteiger partial charge in [0.25, 0.3) is 0 Å². The van der Waals surface area contributed by atoms with Crippen LogP contribution in [0.2, 0.25) is 0 Å². The van der Waals surface area contributed by atoms with Crippen LogP contribution in [-0.4, -0.2) is 39.0 Å². The summed E-state index contributed by atoms with van der Waals surface area (Å²) in [5, 5.41) is 19.9. The lowest BCUT2D eigenvalue weighted by atomic mass is 10.2. The summed E-state index contributed by atoms with van der Waals surface area (Å²) in [5.41, 5.74) is 6.52. The highest BCUT2D eigenvalue weighted by molar-refractivity contribution is 5.91. The third-order valence-electron chi connectivity index (χ3n) is 3.48. The summed E-state index contributed by atoms with van der Waals surface area (Å²) in [6.07, 6.45) is 0.410. The predicted molar refractivity (Wildman–Crippen MR) is 72.7 cm³/mol. The van der Waals surface area contributed by atoms with Gasteiger partial charge in [0.05, 0.1) is 10.9 Å². The number of aromatic nitrogens is 3. The highest BCUT2D eigenvalue weighted by Gasteiger charge is 2.42. The molecule has 0 bridgehead atoms. The van der Waals surface area contributed by atoms with Crippen molar-refractivity contribution in [3.63, 3.8) is 0 Å². The van der Waals surface area contributed by atoms with Gasteiger partial charge in [-0.1, -0.05) is 6.58 Å². The fraction of sp³-hybridized carbons (Fsp3) is 0.308. The molecule has 3 rings (SSSR count). The van der Waals surface area contributed by atoms with Crippen LogP contribution < -0.4 is 5.73 Å². The standard InChI is InChI=1S/C13H13N5O3/c1-6-10(20-2)9(19)13(21-6)18-4-7(3-14)8-11(15)16-5-17-12(8)18/h4-5,9-10,13,19H,1H2,2H3,(H2,15,16,17). The topological polar surface area (TPSA) is 119 Å². The van der Waals surface area contributed by atoms with E-state index in [1.54, 1.807) is 4.57 Å². The number of aliphatic hydroxyl groups is 1. The lowest BCUT2D eigenvalue weighted by Gasteiger charge is -2.17. The number of methoxy groups -OCH3 is 1. The van der Waals surface area contributed by atoms with E-state index in [4.69, 9.17) is 15.2 Å². The summed E-state index contributed by atoms with van der Waals surface area (Å²) in [7, 11) is 1.46. The number of nitrogens with two attached hydrogens (primary N) is 1. The number of hydrogen-bond acceptors (Lipinski definition) is 7. The fourth-order valence-corrected chi connectivity index (χ4v) is 2.51. The molecule has 8 heteroatoms. The van der Waals surface area contributed by atoms with Gasteiger partial charge in [-0.2, -0.15) is 5.26 Å². The Hall–Kier alpha value is -2.63. The Kier molecular flexibility index (Phi) is 3.01. The molecule has 0 aliphatic carbocycles. The van der Waals surface area contributed by atoms with Gasteiger partial charge in [-0.3, -0.25) is 4.57 Å². The van der Waals surface area contributed by atoms with Crippen LogP contribution in [0.1, 0.15) is 11.8 Å². The number of nitrogens with zero attached hydrogens (tertiary/aromatic N) is 4. The molecule has 1 aliphatic rings. The third-order valence-corrected chi connectivity index (χ3v) is 3.48. The second-order valence-corrected chi connectivity index (χ2v) is 4.64. The van der Waals surface area contributed by atoms with E-state index in [-0.39, 0.29) is 5.82 Å². The van der Waals surface area contributed by atoms with Crippen LogP contribution in [0.4, 0.5) is 5.82 Å². The quantitative estimate of drug-likeness (QED) is 0.815. The summed E-state index contributed by atoms with van der Waals surface area (Å²) in [6, 6.07) is 2.03. The van der Waals surface area contributed by atoms with Gasteiger partial charge in [0, 0.05) is 13.3 Å². The normalized spacial score (nSPS) is 25.0. The Morgan fingerprint density at radius 1 is 1.57 bits per heavy atom. The van der Waals surface area contributed by atoms with Crippen molar-refractivity contribution < 1.29 is 14.6 Å². The molecule has 1 fully saturated rings. The number of hydrogen-bond donors (Lipinski definition) is 2. The average molecular weight is 287 g/mol. The molecule has 3 N–H and O–H groups in total. The summed E-state index contributed by atoms with van der Waals surface area (Å²) in [4.78, 5) is 8.00. The minimum Gasteiger partial charge on any atom is -0.469 e. The highest BCUT2D eigenvalue weighted by atomic mass is 16.6. The van der Waals surface area contributed by atoms with Crippen molar-refractivity contribution >= 4 is 16.9 Å². The van der Waals surface area contributed by atoms with E-state index in [1.807, 2.05) is 6.07 Å². The van der Waals surface area contributed by atoms with Gasteiger partial charge in [-0.15, -0.1) is 0 Å². The van der Waals surface area contributed by atoms with Crippen LogP contribution in [0.15, 0.2) is 24.9 Å². The van der Waals surface area contributed by atoms with Crippen LogP contribution in [0, 0.1) is 11.3 Å². The van der Waals surface area contributed by atoms with Crippen LogP contribution in [0.3, 0.4) is 0 Å². The molecule has 108 valence electrons. The summed E-state index contributed by atoms with van der Waals surface area (Å²) in [6.45, 7) is 3.71. The third kappa shape index (κ3) is 1.83. The molecule has 1 aliphatic heterocycles. The second kappa shape index (κ2) is 4.73. The average Bonchev–Trinajstić information content (AvgIpc) is 2.97. The number of rotatable bonds is 2. The molecule has 0 saturated carbocycles. The Morgan fingerprint density at radius 3 is 2.95 bits per heavy atom. The molecule has 8 nitrogen and oxygen atoms in total. The van der Waals surface area contributed by atoms with Crippen LogP contribution in [0.5, 0.6) is 0 Å². The molecule has 1 saturated heterocycles. The van der Waals surface area contributed by atoms with Gasteiger partial charge in [-0.25, -0.2) is 9.97 Å². The molecule has 0 amide bonds. The predicted octanol–water partition coefficient (Wildman–Crippen LogP) is 0.304. The van der Waals surface area contributed by atoms with Crippen molar-refractivity contribution in [2.45, 2.75) is 18.4 Å². The van der Waals surface area contributed by atoms with Gasteiger partial charge < -0.3 is 20.3 Å². The van der Waals surface area contributed by atoms with E-state index in [9.17, 15) is 10.4 Å². The van der Waals surface area contributed by atoms with Crippen molar-refractivity contribution in [3.8, 4) is 6.07 Å². The molecule has 3 unspecified atom stereocenters. The molecule has 2 aromatic heterocycles. The number of ether oxygens (including phenoxy) is 2. The van der Waals surface area contributed by atoms with Crippen molar-refractivity contribution in [2.24, 2.45) is 0 Å². The highest BCUT2D eigenvalue weighted by Crippen LogP contribution is 2.36. The van der Waals surface area contributed by atoms with E-state index in [1.165, 1.54) is 19.6 Å². The van der Waals surface area contributed by atoms with Gasteiger partial charge >= 0.3 is 0 Å². The largest absolute Gasteiger partial charge is 0.469 e. The summed E-state index contributed by atoms with van der Waals surface area (Å²) in [5.74, 6) is 0.516. The van der Waals surface area contributed by atoms with E-state index < -0.39 is 18.4 Å². The van der Waals surface area contributed by atoms with Gasteiger partial charge in [0.15, 0.2) is 0 Å². The monoisotopic (exact) mass is 287 g/mol. The first kappa shape index (κ1) is 13.4. The molecule has 0 spiro atoms. The molecule has 3 atom stereocenters. The van der Waals surface area contributed by atoms with Gasteiger partial charge in [0.1, 0.15) is 41.8 Å². The Bertz CT molecular complexity index is 763. The minimum atomic E-state index is -0.971. The van der Waals surface area contributed by atoms with Crippen molar-refractivity contribution in [1.29, 1.82) is 5.26 Å². The maximum atomic E-state index is 10.3.